The SMILES string of the molecule is CC1C(=O)N(SCCS(=O)(=O)F)C(=O)N1c1ccccc1. The highest BCUT2D eigenvalue weighted by atomic mass is 32.3. The Balaban J connectivity index is 2.12. The van der Waals surface area contributed by atoms with Crippen molar-refractivity contribution in [3.8, 4) is 0 Å². The number of urea groups is 1. The lowest BCUT2D eigenvalue weighted by molar-refractivity contribution is -0.123. The first-order valence-corrected chi connectivity index (χ1v) is 8.58. The summed E-state index contributed by atoms with van der Waals surface area (Å²) in [6.45, 7) is 1.58. The van der Waals surface area contributed by atoms with Gasteiger partial charge in [-0.3, -0.25) is 9.69 Å². The van der Waals surface area contributed by atoms with Gasteiger partial charge in [0.25, 0.3) is 5.91 Å². The Morgan fingerprint density at radius 2 is 1.86 bits per heavy atom. The van der Waals surface area contributed by atoms with Crippen LogP contribution in [0.25, 0.3) is 0 Å². The van der Waals surface area contributed by atoms with Crippen LogP contribution in [-0.4, -0.2) is 42.2 Å². The Labute approximate surface area is 126 Å². The second-order valence-electron chi connectivity index (χ2n) is 4.37. The van der Waals surface area contributed by atoms with Crippen molar-refractivity contribution in [2.75, 3.05) is 16.4 Å². The number of amides is 3. The standard InChI is InChI=1S/C12H13FN2O4S2/c1-9-11(16)15(20-7-8-21(13,18)19)12(17)14(9)10-5-3-2-4-6-10/h2-6,9H,7-8H2,1H3. The highest BCUT2D eigenvalue weighted by Crippen LogP contribution is 2.29. The molecule has 1 aromatic rings. The highest BCUT2D eigenvalue weighted by molar-refractivity contribution is 7.99. The summed E-state index contributed by atoms with van der Waals surface area (Å²) in [5, 5.41) is 0. The van der Waals surface area contributed by atoms with Gasteiger partial charge in [-0.2, -0.15) is 8.42 Å². The van der Waals surface area contributed by atoms with E-state index in [1.165, 1.54) is 4.90 Å². The van der Waals surface area contributed by atoms with Crippen LogP contribution in [0.2, 0.25) is 0 Å². The van der Waals surface area contributed by atoms with Gasteiger partial charge in [-0.05, 0) is 31.0 Å². The van der Waals surface area contributed by atoms with Crippen molar-refractivity contribution < 1.29 is 21.9 Å². The van der Waals surface area contributed by atoms with Crippen molar-refractivity contribution in [3.05, 3.63) is 30.3 Å². The number of hydrogen-bond acceptors (Lipinski definition) is 5. The predicted octanol–water partition coefficient (Wildman–Crippen LogP) is 1.79. The summed E-state index contributed by atoms with van der Waals surface area (Å²) in [4.78, 5) is 25.6. The highest BCUT2D eigenvalue weighted by Gasteiger charge is 2.43. The molecule has 0 bridgehead atoms. The fourth-order valence-electron chi connectivity index (χ4n) is 1.91. The van der Waals surface area contributed by atoms with E-state index in [9.17, 15) is 21.9 Å². The monoisotopic (exact) mass is 332 g/mol. The van der Waals surface area contributed by atoms with Crippen LogP contribution in [0.15, 0.2) is 30.3 Å². The molecule has 21 heavy (non-hydrogen) atoms. The van der Waals surface area contributed by atoms with Gasteiger partial charge in [0, 0.05) is 11.4 Å². The third-order valence-corrected chi connectivity index (χ3v) is 4.84. The Hall–Kier alpha value is -1.61. The molecule has 9 heteroatoms. The average Bonchev–Trinajstić information content (AvgIpc) is 2.62. The topological polar surface area (TPSA) is 74.8 Å². The molecule has 2 rings (SSSR count). The fourth-order valence-corrected chi connectivity index (χ4v) is 3.66. The summed E-state index contributed by atoms with van der Waals surface area (Å²) >= 11 is 0.703. The summed E-state index contributed by atoms with van der Waals surface area (Å²) in [6, 6.07) is 7.42. The van der Waals surface area contributed by atoms with Crippen LogP contribution in [0.3, 0.4) is 0 Å². The first kappa shape index (κ1) is 15.8. The molecule has 114 valence electrons. The summed E-state index contributed by atoms with van der Waals surface area (Å²) in [6.07, 6.45) is 0. The Morgan fingerprint density at radius 1 is 1.24 bits per heavy atom. The van der Waals surface area contributed by atoms with Crippen LogP contribution in [0.5, 0.6) is 0 Å². The molecule has 1 unspecified atom stereocenters. The third-order valence-electron chi connectivity index (χ3n) is 2.91. The molecule has 0 N–H and O–H groups in total. The maximum absolute atomic E-state index is 12.4. The molecule has 0 radical (unpaired) electrons. The van der Waals surface area contributed by atoms with E-state index in [2.05, 4.69) is 0 Å². The molecule has 1 aliphatic rings. The molecule has 1 aromatic carbocycles. The van der Waals surface area contributed by atoms with Crippen molar-refractivity contribution >= 4 is 39.8 Å². The molecule has 0 spiro atoms. The molecule has 3 amide bonds. The number of carbonyl (C=O) groups is 2. The Morgan fingerprint density at radius 3 is 2.43 bits per heavy atom. The quantitative estimate of drug-likeness (QED) is 0.467. The van der Waals surface area contributed by atoms with E-state index in [4.69, 9.17) is 0 Å². The van der Waals surface area contributed by atoms with Crippen molar-refractivity contribution in [2.45, 2.75) is 13.0 Å². The van der Waals surface area contributed by atoms with Gasteiger partial charge in [0.1, 0.15) is 6.04 Å². The molecule has 1 fully saturated rings. The van der Waals surface area contributed by atoms with E-state index < -0.39 is 34.0 Å². The molecule has 1 saturated heterocycles. The number of halogens is 1. The van der Waals surface area contributed by atoms with Gasteiger partial charge in [0.15, 0.2) is 0 Å². The molecule has 0 aromatic heterocycles. The van der Waals surface area contributed by atoms with Crippen LogP contribution < -0.4 is 4.90 Å². The van der Waals surface area contributed by atoms with E-state index in [0.29, 0.717) is 17.6 Å². The first-order valence-electron chi connectivity index (χ1n) is 6.09. The average molecular weight is 332 g/mol. The first-order chi connectivity index (χ1) is 9.81. The van der Waals surface area contributed by atoms with Crippen LogP contribution in [0.1, 0.15) is 6.92 Å². The van der Waals surface area contributed by atoms with Gasteiger partial charge in [0.05, 0.1) is 5.75 Å². The molecule has 1 atom stereocenters. The summed E-state index contributed by atoms with van der Waals surface area (Å²) in [7, 11) is -4.61. The van der Waals surface area contributed by atoms with E-state index in [0.717, 1.165) is 4.31 Å². The molecule has 0 aliphatic carbocycles. The van der Waals surface area contributed by atoms with Crippen molar-refractivity contribution in [3.63, 3.8) is 0 Å². The van der Waals surface area contributed by atoms with Gasteiger partial charge in [-0.25, -0.2) is 9.10 Å². The fraction of sp³-hybridized carbons (Fsp3) is 0.333. The van der Waals surface area contributed by atoms with E-state index in [-0.39, 0.29) is 5.75 Å². The zero-order valence-electron chi connectivity index (χ0n) is 11.1. The molecule has 0 saturated carbocycles. The number of para-hydroxylation sites is 1. The molecule has 1 aliphatic heterocycles. The van der Waals surface area contributed by atoms with Crippen LogP contribution in [-0.2, 0) is 15.0 Å². The van der Waals surface area contributed by atoms with Gasteiger partial charge >= 0.3 is 16.3 Å². The maximum Gasteiger partial charge on any atom is 0.342 e. The van der Waals surface area contributed by atoms with Gasteiger partial charge < -0.3 is 0 Å². The van der Waals surface area contributed by atoms with Crippen molar-refractivity contribution in [1.82, 2.24) is 4.31 Å². The molecular formula is C12H13FN2O4S2. The maximum atomic E-state index is 12.4. The van der Waals surface area contributed by atoms with Gasteiger partial charge in [-0.15, -0.1) is 3.89 Å². The second-order valence-corrected chi connectivity index (χ2v) is 6.89. The zero-order chi connectivity index (χ0) is 15.6. The number of imide groups is 1. The number of rotatable bonds is 5. The van der Waals surface area contributed by atoms with E-state index >= 15 is 0 Å². The summed E-state index contributed by atoms with van der Waals surface area (Å²) in [5.74, 6) is -1.40. The Bertz CT molecular complexity index is 650. The number of nitrogens with zero attached hydrogens (tertiary/aromatic N) is 2. The molecule has 1 heterocycles. The van der Waals surface area contributed by atoms with E-state index in [1.807, 2.05) is 0 Å². The normalized spacial score (nSPS) is 19.4. The Kier molecular flexibility index (Phi) is 4.52. The summed E-state index contributed by atoms with van der Waals surface area (Å²) < 4.78 is 34.2. The minimum absolute atomic E-state index is 0.203. The minimum atomic E-state index is -4.61. The second kappa shape index (κ2) is 6.02. The molecule has 6 nitrogen and oxygen atoms in total. The summed E-state index contributed by atoms with van der Waals surface area (Å²) in [5.41, 5.74) is 0.574. The number of anilines is 1. The van der Waals surface area contributed by atoms with Gasteiger partial charge in [-0.1, -0.05) is 18.2 Å². The van der Waals surface area contributed by atoms with Crippen LogP contribution >= 0.6 is 11.9 Å². The number of hydrogen-bond donors (Lipinski definition) is 0. The number of carbonyl (C=O) groups excluding carboxylic acids is 2. The lowest BCUT2D eigenvalue weighted by Crippen LogP contribution is -2.32. The van der Waals surface area contributed by atoms with Crippen LogP contribution in [0, 0.1) is 0 Å². The van der Waals surface area contributed by atoms with Crippen molar-refractivity contribution in [1.29, 1.82) is 0 Å². The lowest BCUT2D eigenvalue weighted by Gasteiger charge is -2.18. The predicted molar refractivity (Wildman–Crippen MR) is 78.0 cm³/mol. The largest absolute Gasteiger partial charge is 0.342 e. The minimum Gasteiger partial charge on any atom is -0.281 e. The number of benzene rings is 1. The van der Waals surface area contributed by atoms with Gasteiger partial charge in [0.2, 0.25) is 0 Å². The van der Waals surface area contributed by atoms with Crippen LogP contribution in [0.4, 0.5) is 14.4 Å². The lowest BCUT2D eigenvalue weighted by atomic mass is 10.2. The smallest absolute Gasteiger partial charge is 0.281 e. The van der Waals surface area contributed by atoms with Crippen molar-refractivity contribution in [2.24, 2.45) is 0 Å². The molecular weight excluding hydrogens is 319 g/mol. The zero-order valence-corrected chi connectivity index (χ0v) is 12.7. The third kappa shape index (κ3) is 3.53. The van der Waals surface area contributed by atoms with E-state index in [1.54, 1.807) is 37.3 Å².